The van der Waals surface area contributed by atoms with Gasteiger partial charge in [-0.2, -0.15) is 0 Å². The molecule has 5 nitrogen and oxygen atoms in total. The lowest BCUT2D eigenvalue weighted by Gasteiger charge is -2.21. The minimum atomic E-state index is -0.255. The fraction of sp³-hybridized carbons (Fsp3) is 0.208. The van der Waals surface area contributed by atoms with Crippen molar-refractivity contribution in [1.82, 2.24) is 15.2 Å². The minimum Gasteiger partial charge on any atom is -0.345 e. The summed E-state index contributed by atoms with van der Waals surface area (Å²) in [7, 11) is 0. The Morgan fingerprint density at radius 3 is 2.24 bits per heavy atom. The maximum absolute atomic E-state index is 13.0. The number of rotatable bonds is 7. The number of nitrogens with zero attached hydrogens (tertiary/aromatic N) is 2. The van der Waals surface area contributed by atoms with E-state index < -0.39 is 0 Å². The summed E-state index contributed by atoms with van der Waals surface area (Å²) in [6.07, 6.45) is 2.99. The molecular formula is C24H25N3O2. The van der Waals surface area contributed by atoms with E-state index in [0.29, 0.717) is 24.2 Å². The van der Waals surface area contributed by atoms with Gasteiger partial charge in [0.1, 0.15) is 0 Å². The highest BCUT2D eigenvalue weighted by Crippen LogP contribution is 2.14. The first-order chi connectivity index (χ1) is 14.1. The van der Waals surface area contributed by atoms with Crippen molar-refractivity contribution in [3.8, 4) is 0 Å². The van der Waals surface area contributed by atoms with E-state index >= 15 is 0 Å². The molecule has 5 heteroatoms. The van der Waals surface area contributed by atoms with Gasteiger partial charge in [0.15, 0.2) is 0 Å². The Balaban J connectivity index is 1.72. The molecule has 3 aromatic rings. The molecule has 1 N–H and O–H groups in total. The van der Waals surface area contributed by atoms with Crippen LogP contribution in [0.15, 0.2) is 79.1 Å². The Kier molecular flexibility index (Phi) is 6.74. The smallest absolute Gasteiger partial charge is 0.255 e. The van der Waals surface area contributed by atoms with Crippen LogP contribution in [0.3, 0.4) is 0 Å². The lowest BCUT2D eigenvalue weighted by molar-refractivity contribution is 0.0752. The third kappa shape index (κ3) is 5.29. The monoisotopic (exact) mass is 387 g/mol. The lowest BCUT2D eigenvalue weighted by Crippen LogP contribution is -2.31. The quantitative estimate of drug-likeness (QED) is 0.660. The maximum Gasteiger partial charge on any atom is 0.255 e. The van der Waals surface area contributed by atoms with Crippen LogP contribution in [0.5, 0.6) is 0 Å². The molecule has 1 unspecified atom stereocenters. The van der Waals surface area contributed by atoms with Crippen LogP contribution in [0.1, 0.15) is 51.7 Å². The van der Waals surface area contributed by atoms with Crippen LogP contribution in [0.4, 0.5) is 0 Å². The van der Waals surface area contributed by atoms with Crippen molar-refractivity contribution < 1.29 is 9.59 Å². The molecule has 0 saturated heterocycles. The van der Waals surface area contributed by atoms with Gasteiger partial charge in [-0.15, -0.1) is 0 Å². The van der Waals surface area contributed by atoms with E-state index in [1.54, 1.807) is 11.0 Å². The summed E-state index contributed by atoms with van der Waals surface area (Å²) < 4.78 is 0. The van der Waals surface area contributed by atoms with Gasteiger partial charge in [0.2, 0.25) is 0 Å². The highest BCUT2D eigenvalue weighted by molar-refractivity contribution is 5.99. The Bertz CT molecular complexity index is 958. The van der Waals surface area contributed by atoms with Gasteiger partial charge in [-0.05, 0) is 31.0 Å². The molecule has 0 fully saturated rings. The Morgan fingerprint density at radius 1 is 0.966 bits per heavy atom. The zero-order valence-corrected chi connectivity index (χ0v) is 16.7. The molecule has 148 valence electrons. The summed E-state index contributed by atoms with van der Waals surface area (Å²) in [6.45, 7) is 4.94. The molecule has 1 heterocycles. The van der Waals surface area contributed by atoms with Gasteiger partial charge in [-0.25, -0.2) is 0 Å². The van der Waals surface area contributed by atoms with Crippen LogP contribution >= 0.6 is 0 Å². The van der Waals surface area contributed by atoms with Crippen LogP contribution in [0.2, 0.25) is 0 Å². The zero-order chi connectivity index (χ0) is 20.6. The summed E-state index contributed by atoms with van der Waals surface area (Å²) in [4.78, 5) is 31.5. The summed E-state index contributed by atoms with van der Waals surface area (Å²) in [5.74, 6) is -0.399. The molecule has 0 spiro atoms. The van der Waals surface area contributed by atoms with Crippen LogP contribution in [-0.2, 0) is 6.54 Å². The van der Waals surface area contributed by atoms with Gasteiger partial charge >= 0.3 is 0 Å². The van der Waals surface area contributed by atoms with Crippen LogP contribution in [0.25, 0.3) is 0 Å². The Labute approximate surface area is 171 Å². The first-order valence-electron chi connectivity index (χ1n) is 9.72. The van der Waals surface area contributed by atoms with Crippen LogP contribution in [0, 0.1) is 0 Å². The van der Waals surface area contributed by atoms with Crippen molar-refractivity contribution in [3.63, 3.8) is 0 Å². The number of hydrogen-bond donors (Lipinski definition) is 1. The molecule has 3 rings (SSSR count). The summed E-state index contributed by atoms with van der Waals surface area (Å²) in [5.41, 5.74) is 2.85. The van der Waals surface area contributed by atoms with Crippen molar-refractivity contribution in [2.45, 2.75) is 26.4 Å². The van der Waals surface area contributed by atoms with Crippen molar-refractivity contribution in [2.24, 2.45) is 0 Å². The van der Waals surface area contributed by atoms with Crippen LogP contribution < -0.4 is 5.32 Å². The van der Waals surface area contributed by atoms with Crippen molar-refractivity contribution in [2.75, 3.05) is 6.54 Å². The molecule has 2 aromatic carbocycles. The van der Waals surface area contributed by atoms with Crippen LogP contribution in [-0.4, -0.2) is 28.2 Å². The molecule has 0 saturated carbocycles. The topological polar surface area (TPSA) is 62.3 Å². The van der Waals surface area contributed by atoms with Crippen molar-refractivity contribution in [1.29, 1.82) is 0 Å². The number of aromatic nitrogens is 1. The van der Waals surface area contributed by atoms with E-state index in [1.165, 1.54) is 12.4 Å². The molecule has 0 aliphatic carbocycles. The fourth-order valence-corrected chi connectivity index (χ4v) is 3.10. The fourth-order valence-electron chi connectivity index (χ4n) is 3.10. The van der Waals surface area contributed by atoms with Crippen molar-refractivity contribution >= 4 is 11.8 Å². The van der Waals surface area contributed by atoms with Gasteiger partial charge in [0.25, 0.3) is 11.8 Å². The zero-order valence-electron chi connectivity index (χ0n) is 16.7. The molecule has 0 aliphatic rings. The summed E-state index contributed by atoms with van der Waals surface area (Å²) in [5, 5.41) is 2.96. The number of nitrogens with one attached hydrogen (secondary N) is 1. The predicted molar refractivity (Wildman–Crippen MR) is 113 cm³/mol. The van der Waals surface area contributed by atoms with E-state index in [-0.39, 0.29) is 17.9 Å². The molecule has 1 aromatic heterocycles. The average Bonchev–Trinajstić information content (AvgIpc) is 2.78. The number of benzene rings is 2. The molecule has 0 radical (unpaired) electrons. The number of carbonyl (C=O) groups is 2. The first kappa shape index (κ1) is 20.3. The third-order valence-corrected chi connectivity index (χ3v) is 4.78. The SMILES string of the molecule is CCN(Cc1ccccc1)C(=O)c1cncc(C(=O)NC(C)c2ccccc2)c1. The highest BCUT2D eigenvalue weighted by atomic mass is 16.2. The molecule has 2 amide bonds. The summed E-state index contributed by atoms with van der Waals surface area (Å²) in [6, 6.07) is 21.0. The molecule has 1 atom stereocenters. The predicted octanol–water partition coefficient (Wildman–Crippen LogP) is 4.23. The second kappa shape index (κ2) is 9.64. The molecule has 0 aliphatic heterocycles. The maximum atomic E-state index is 13.0. The standard InChI is InChI=1S/C24H25N3O2/c1-3-27(17-19-10-6-4-7-11-19)24(29)22-14-21(15-25-16-22)23(28)26-18(2)20-12-8-5-9-13-20/h4-16,18H,3,17H2,1-2H3,(H,26,28). The Morgan fingerprint density at radius 2 is 1.59 bits per heavy atom. The summed E-state index contributed by atoms with van der Waals surface area (Å²) >= 11 is 0. The van der Waals surface area contributed by atoms with Gasteiger partial charge < -0.3 is 10.2 Å². The second-order valence-electron chi connectivity index (χ2n) is 6.87. The van der Waals surface area contributed by atoms with Gasteiger partial charge in [0.05, 0.1) is 17.2 Å². The van der Waals surface area contributed by atoms with E-state index in [4.69, 9.17) is 0 Å². The molecular weight excluding hydrogens is 362 g/mol. The average molecular weight is 387 g/mol. The van der Waals surface area contributed by atoms with E-state index in [1.807, 2.05) is 74.5 Å². The Hall–Kier alpha value is -3.47. The van der Waals surface area contributed by atoms with Gasteiger partial charge in [-0.3, -0.25) is 14.6 Å². The molecule has 0 bridgehead atoms. The van der Waals surface area contributed by atoms with E-state index in [9.17, 15) is 9.59 Å². The lowest BCUT2D eigenvalue weighted by atomic mass is 10.1. The van der Waals surface area contributed by atoms with E-state index in [0.717, 1.165) is 11.1 Å². The number of hydrogen-bond acceptors (Lipinski definition) is 3. The largest absolute Gasteiger partial charge is 0.345 e. The second-order valence-corrected chi connectivity index (χ2v) is 6.87. The third-order valence-electron chi connectivity index (χ3n) is 4.78. The van der Waals surface area contributed by atoms with Gasteiger partial charge in [0, 0.05) is 25.5 Å². The molecule has 29 heavy (non-hydrogen) atoms. The normalized spacial score (nSPS) is 11.5. The minimum absolute atomic E-state index is 0.144. The highest BCUT2D eigenvalue weighted by Gasteiger charge is 2.18. The number of carbonyl (C=O) groups excluding carboxylic acids is 2. The first-order valence-corrected chi connectivity index (χ1v) is 9.72. The number of pyridine rings is 1. The van der Waals surface area contributed by atoms with Gasteiger partial charge in [-0.1, -0.05) is 60.7 Å². The number of amides is 2. The van der Waals surface area contributed by atoms with Crippen molar-refractivity contribution in [3.05, 3.63) is 101 Å². The van der Waals surface area contributed by atoms with E-state index in [2.05, 4.69) is 10.3 Å².